The van der Waals surface area contributed by atoms with E-state index < -0.39 is 18.0 Å². The average molecular weight is 386 g/mol. The summed E-state index contributed by atoms with van der Waals surface area (Å²) < 4.78 is 10.7. The molecule has 0 saturated carbocycles. The van der Waals surface area contributed by atoms with Crippen LogP contribution in [0.25, 0.3) is 0 Å². The summed E-state index contributed by atoms with van der Waals surface area (Å²) >= 11 is 0. The maximum atomic E-state index is 12.4. The molecule has 0 heterocycles. The van der Waals surface area contributed by atoms with Crippen LogP contribution in [0, 0.1) is 0 Å². The number of aldehydes is 1. The molecule has 2 amide bonds. The fourth-order valence-corrected chi connectivity index (χ4v) is 2.25. The molecule has 0 fully saturated rings. The first-order valence-corrected chi connectivity index (χ1v) is 8.50. The predicted octanol–water partition coefficient (Wildman–Crippen LogP) is 2.19. The molecule has 8 heteroatoms. The fraction of sp³-hybridized carbons (Fsp3) is 0.250. The van der Waals surface area contributed by atoms with E-state index in [-0.39, 0.29) is 13.2 Å². The number of benzene rings is 2. The van der Waals surface area contributed by atoms with Gasteiger partial charge in [0, 0.05) is 12.6 Å². The molecule has 1 N–H and O–H groups in total. The van der Waals surface area contributed by atoms with Crippen molar-refractivity contribution in [2.75, 3.05) is 20.8 Å². The number of rotatable bonds is 9. The lowest BCUT2D eigenvalue weighted by Crippen LogP contribution is -2.50. The van der Waals surface area contributed by atoms with Crippen molar-refractivity contribution in [2.45, 2.75) is 12.6 Å². The SMILES string of the molecule is CON(C)C(=O)[C@H](COc1cccc(C=O)c1)NC(=O)OCc1ccccc1. The molecule has 2 aromatic carbocycles. The Bertz CT molecular complexity index is 796. The minimum Gasteiger partial charge on any atom is -0.491 e. The van der Waals surface area contributed by atoms with Crippen LogP contribution >= 0.6 is 0 Å². The molecular weight excluding hydrogens is 364 g/mol. The Hall–Kier alpha value is -3.39. The summed E-state index contributed by atoms with van der Waals surface area (Å²) in [6.45, 7) is -0.106. The number of likely N-dealkylation sites (N-methyl/N-ethyl adjacent to an activating group) is 1. The van der Waals surface area contributed by atoms with E-state index in [1.165, 1.54) is 20.2 Å². The molecule has 0 aliphatic carbocycles. The molecule has 2 rings (SSSR count). The normalized spacial score (nSPS) is 11.2. The van der Waals surface area contributed by atoms with Crippen molar-refractivity contribution >= 4 is 18.3 Å². The molecule has 0 aliphatic heterocycles. The Morgan fingerprint density at radius 3 is 2.57 bits per heavy atom. The molecule has 28 heavy (non-hydrogen) atoms. The smallest absolute Gasteiger partial charge is 0.408 e. The molecule has 0 bridgehead atoms. The van der Waals surface area contributed by atoms with Crippen molar-refractivity contribution < 1.29 is 28.7 Å². The monoisotopic (exact) mass is 386 g/mol. The second kappa shape index (κ2) is 10.7. The molecule has 8 nitrogen and oxygen atoms in total. The molecule has 0 saturated heterocycles. The Morgan fingerprint density at radius 2 is 1.89 bits per heavy atom. The second-order valence-corrected chi connectivity index (χ2v) is 5.78. The van der Waals surface area contributed by atoms with Gasteiger partial charge in [-0.3, -0.25) is 14.4 Å². The van der Waals surface area contributed by atoms with Crippen LogP contribution in [0.4, 0.5) is 4.79 Å². The van der Waals surface area contributed by atoms with Crippen molar-refractivity contribution in [1.82, 2.24) is 10.4 Å². The summed E-state index contributed by atoms with van der Waals surface area (Å²) in [4.78, 5) is 40.3. The minimum atomic E-state index is -1.05. The number of nitrogens with zero attached hydrogens (tertiary/aromatic N) is 1. The van der Waals surface area contributed by atoms with Crippen LogP contribution in [0.5, 0.6) is 5.75 Å². The van der Waals surface area contributed by atoms with Crippen LogP contribution in [0.15, 0.2) is 54.6 Å². The summed E-state index contributed by atoms with van der Waals surface area (Å²) in [5.74, 6) is -0.132. The Kier molecular flexibility index (Phi) is 7.98. The van der Waals surface area contributed by atoms with Gasteiger partial charge in [0.1, 0.15) is 31.3 Å². The van der Waals surface area contributed by atoms with Gasteiger partial charge < -0.3 is 14.8 Å². The summed E-state index contributed by atoms with van der Waals surface area (Å²) in [5, 5.41) is 3.45. The summed E-state index contributed by atoms with van der Waals surface area (Å²) in [6, 6.07) is 14.6. The summed E-state index contributed by atoms with van der Waals surface area (Å²) in [6.07, 6.45) is -0.0788. The van der Waals surface area contributed by atoms with Gasteiger partial charge in [0.2, 0.25) is 0 Å². The third-order valence-electron chi connectivity index (χ3n) is 3.80. The van der Waals surface area contributed by atoms with Crippen LogP contribution in [0.2, 0.25) is 0 Å². The van der Waals surface area contributed by atoms with E-state index in [9.17, 15) is 14.4 Å². The van der Waals surface area contributed by atoms with Crippen molar-refractivity contribution in [2.24, 2.45) is 0 Å². The quantitative estimate of drug-likeness (QED) is 0.524. The number of carbonyl (C=O) groups excluding carboxylic acids is 3. The van der Waals surface area contributed by atoms with Gasteiger partial charge in [-0.15, -0.1) is 0 Å². The highest BCUT2D eigenvalue weighted by Gasteiger charge is 2.26. The Balaban J connectivity index is 1.98. The van der Waals surface area contributed by atoms with Gasteiger partial charge in [-0.1, -0.05) is 42.5 Å². The first kappa shape index (κ1) is 20.9. The lowest BCUT2D eigenvalue weighted by molar-refractivity contribution is -0.171. The highest BCUT2D eigenvalue weighted by Crippen LogP contribution is 2.12. The van der Waals surface area contributed by atoms with Crippen molar-refractivity contribution in [3.63, 3.8) is 0 Å². The lowest BCUT2D eigenvalue weighted by atomic mass is 10.2. The number of carbonyl (C=O) groups is 3. The summed E-state index contributed by atoms with van der Waals surface area (Å²) in [7, 11) is 2.75. The summed E-state index contributed by atoms with van der Waals surface area (Å²) in [5.41, 5.74) is 1.25. The number of nitrogens with one attached hydrogen (secondary N) is 1. The van der Waals surface area contributed by atoms with Gasteiger partial charge in [0.15, 0.2) is 0 Å². The molecule has 0 aromatic heterocycles. The number of hydroxylamine groups is 2. The van der Waals surface area contributed by atoms with Crippen LogP contribution in [0.3, 0.4) is 0 Å². The second-order valence-electron chi connectivity index (χ2n) is 5.78. The van der Waals surface area contributed by atoms with Gasteiger partial charge in [-0.2, -0.15) is 0 Å². The molecule has 0 radical (unpaired) electrons. The fourth-order valence-electron chi connectivity index (χ4n) is 2.25. The topological polar surface area (TPSA) is 94.2 Å². The van der Waals surface area contributed by atoms with E-state index in [4.69, 9.17) is 14.3 Å². The number of alkyl carbamates (subject to hydrolysis) is 1. The number of hydrogen-bond acceptors (Lipinski definition) is 6. The van der Waals surface area contributed by atoms with Crippen LogP contribution in [-0.2, 0) is 21.0 Å². The maximum Gasteiger partial charge on any atom is 0.408 e. The van der Waals surface area contributed by atoms with Crippen molar-refractivity contribution in [1.29, 1.82) is 0 Å². The Labute approximate surface area is 162 Å². The van der Waals surface area contributed by atoms with Crippen molar-refractivity contribution in [3.05, 3.63) is 65.7 Å². The van der Waals surface area contributed by atoms with E-state index >= 15 is 0 Å². The van der Waals surface area contributed by atoms with Crippen LogP contribution in [-0.4, -0.2) is 50.2 Å². The van der Waals surface area contributed by atoms with E-state index in [1.807, 2.05) is 30.3 Å². The van der Waals surface area contributed by atoms with Gasteiger partial charge in [-0.05, 0) is 17.7 Å². The zero-order valence-electron chi connectivity index (χ0n) is 15.7. The maximum absolute atomic E-state index is 12.4. The molecule has 2 aromatic rings. The third kappa shape index (κ3) is 6.40. The van der Waals surface area contributed by atoms with Gasteiger partial charge in [0.05, 0.1) is 7.11 Å². The molecule has 1 atom stereocenters. The van der Waals surface area contributed by atoms with Crippen LogP contribution < -0.4 is 10.1 Å². The lowest BCUT2D eigenvalue weighted by Gasteiger charge is -2.22. The third-order valence-corrected chi connectivity index (χ3v) is 3.80. The van der Waals surface area contributed by atoms with E-state index in [1.54, 1.807) is 18.2 Å². The van der Waals surface area contributed by atoms with Gasteiger partial charge in [-0.25, -0.2) is 9.86 Å². The average Bonchev–Trinajstić information content (AvgIpc) is 2.74. The number of ether oxygens (including phenoxy) is 2. The van der Waals surface area contributed by atoms with Gasteiger partial charge >= 0.3 is 6.09 Å². The van der Waals surface area contributed by atoms with Crippen molar-refractivity contribution in [3.8, 4) is 5.75 Å². The molecular formula is C20H22N2O6. The zero-order valence-corrected chi connectivity index (χ0v) is 15.7. The van der Waals surface area contributed by atoms with Gasteiger partial charge in [0.25, 0.3) is 5.91 Å². The highest BCUT2D eigenvalue weighted by molar-refractivity contribution is 5.85. The molecule has 0 unspecified atom stereocenters. The number of amides is 2. The number of hydrogen-bond donors (Lipinski definition) is 1. The van der Waals surface area contributed by atoms with E-state index in [2.05, 4.69) is 5.32 Å². The van der Waals surface area contributed by atoms with E-state index in [0.717, 1.165) is 10.6 Å². The minimum absolute atomic E-state index is 0.0654. The first-order valence-electron chi connectivity index (χ1n) is 8.50. The molecule has 148 valence electrons. The molecule has 0 spiro atoms. The molecule has 0 aliphatic rings. The van der Waals surface area contributed by atoms with E-state index in [0.29, 0.717) is 17.6 Å². The Morgan fingerprint density at radius 1 is 1.14 bits per heavy atom. The predicted molar refractivity (Wildman–Crippen MR) is 101 cm³/mol. The van der Waals surface area contributed by atoms with Crippen LogP contribution in [0.1, 0.15) is 15.9 Å². The highest BCUT2D eigenvalue weighted by atomic mass is 16.7. The zero-order chi connectivity index (χ0) is 20.4. The standard InChI is InChI=1S/C20H22N2O6/c1-22(26-2)19(24)18(14-27-17-10-6-9-16(11-17)12-23)21-20(25)28-13-15-7-4-3-5-8-15/h3-12,18H,13-14H2,1-2H3,(H,21,25)/t18-/m0/s1. The largest absolute Gasteiger partial charge is 0.491 e. The first-order chi connectivity index (χ1) is 13.5.